The van der Waals surface area contributed by atoms with Crippen LogP contribution in [0.5, 0.6) is 5.75 Å². The third-order valence-electron chi connectivity index (χ3n) is 2.46. The molecule has 1 aromatic rings. The van der Waals surface area contributed by atoms with E-state index in [9.17, 15) is 0 Å². The van der Waals surface area contributed by atoms with Crippen LogP contribution in [-0.4, -0.2) is 13.7 Å². The summed E-state index contributed by atoms with van der Waals surface area (Å²) >= 11 is 0. The van der Waals surface area contributed by atoms with Crippen molar-refractivity contribution >= 4 is 0 Å². The maximum atomic E-state index is 5.21. The van der Waals surface area contributed by atoms with Crippen LogP contribution in [0.1, 0.15) is 23.6 Å². The van der Waals surface area contributed by atoms with Crippen LogP contribution >= 0.6 is 0 Å². The highest BCUT2D eigenvalue weighted by atomic mass is 16.5. The van der Waals surface area contributed by atoms with E-state index in [0.29, 0.717) is 0 Å². The van der Waals surface area contributed by atoms with Crippen LogP contribution in [0.25, 0.3) is 0 Å². The number of benzene rings is 1. The summed E-state index contributed by atoms with van der Waals surface area (Å²) in [6.45, 7) is 8.32. The van der Waals surface area contributed by atoms with Crippen molar-refractivity contribution in [3.8, 4) is 5.75 Å². The van der Waals surface area contributed by atoms with E-state index in [-0.39, 0.29) is 0 Å². The Labute approximate surface area is 86.3 Å². The number of aryl methyl sites for hydroxylation is 2. The fourth-order valence-electron chi connectivity index (χ4n) is 1.60. The SMILES string of the molecule is CCNCc1c(C)cc(OC)cc1C. The molecule has 1 aromatic carbocycles. The van der Waals surface area contributed by atoms with Gasteiger partial charge in [0.2, 0.25) is 0 Å². The topological polar surface area (TPSA) is 21.3 Å². The normalized spacial score (nSPS) is 10.3. The molecule has 2 nitrogen and oxygen atoms in total. The maximum Gasteiger partial charge on any atom is 0.119 e. The van der Waals surface area contributed by atoms with Gasteiger partial charge in [0, 0.05) is 6.54 Å². The summed E-state index contributed by atoms with van der Waals surface area (Å²) in [7, 11) is 1.71. The molecule has 0 saturated carbocycles. The molecule has 0 radical (unpaired) electrons. The van der Waals surface area contributed by atoms with E-state index in [1.807, 2.05) is 0 Å². The second-order valence-corrected chi connectivity index (χ2v) is 3.52. The highest BCUT2D eigenvalue weighted by molar-refractivity contribution is 5.40. The van der Waals surface area contributed by atoms with Crippen LogP contribution in [0, 0.1) is 13.8 Å². The average Bonchev–Trinajstić information content (AvgIpc) is 2.16. The van der Waals surface area contributed by atoms with Crippen molar-refractivity contribution in [2.24, 2.45) is 0 Å². The van der Waals surface area contributed by atoms with Crippen molar-refractivity contribution in [3.63, 3.8) is 0 Å². The lowest BCUT2D eigenvalue weighted by atomic mass is 10.0. The molecular formula is C12H19NO. The molecule has 0 spiro atoms. The van der Waals surface area contributed by atoms with Crippen LogP contribution in [0.15, 0.2) is 12.1 Å². The molecule has 2 heteroatoms. The van der Waals surface area contributed by atoms with Gasteiger partial charge in [-0.05, 0) is 49.2 Å². The summed E-state index contributed by atoms with van der Waals surface area (Å²) in [5.74, 6) is 0.945. The Hall–Kier alpha value is -1.02. The number of hydrogen-bond acceptors (Lipinski definition) is 2. The molecule has 0 heterocycles. The van der Waals surface area contributed by atoms with E-state index < -0.39 is 0 Å². The number of ether oxygens (including phenoxy) is 1. The van der Waals surface area contributed by atoms with Gasteiger partial charge in [-0.25, -0.2) is 0 Å². The zero-order valence-electron chi connectivity index (χ0n) is 9.48. The standard InChI is InChI=1S/C12H19NO/c1-5-13-8-12-9(2)6-11(14-4)7-10(12)3/h6-7,13H,5,8H2,1-4H3. The van der Waals surface area contributed by atoms with Crippen molar-refractivity contribution in [1.29, 1.82) is 0 Å². The Bertz CT molecular complexity index is 284. The molecule has 0 amide bonds. The molecule has 0 aromatic heterocycles. The highest BCUT2D eigenvalue weighted by Crippen LogP contribution is 2.21. The van der Waals surface area contributed by atoms with Gasteiger partial charge in [-0.3, -0.25) is 0 Å². The zero-order chi connectivity index (χ0) is 10.6. The highest BCUT2D eigenvalue weighted by Gasteiger charge is 2.04. The number of methoxy groups -OCH3 is 1. The molecule has 0 aliphatic heterocycles. The Morgan fingerprint density at radius 3 is 2.21 bits per heavy atom. The Morgan fingerprint density at radius 2 is 1.79 bits per heavy atom. The average molecular weight is 193 g/mol. The van der Waals surface area contributed by atoms with E-state index in [4.69, 9.17) is 4.74 Å². The molecular weight excluding hydrogens is 174 g/mol. The molecule has 14 heavy (non-hydrogen) atoms. The quantitative estimate of drug-likeness (QED) is 0.793. The molecule has 0 bridgehead atoms. The van der Waals surface area contributed by atoms with Crippen molar-refractivity contribution in [2.75, 3.05) is 13.7 Å². The summed E-state index contributed by atoms with van der Waals surface area (Å²) in [4.78, 5) is 0. The number of nitrogens with one attached hydrogen (secondary N) is 1. The van der Waals surface area contributed by atoms with E-state index >= 15 is 0 Å². The van der Waals surface area contributed by atoms with E-state index in [0.717, 1.165) is 18.8 Å². The van der Waals surface area contributed by atoms with Gasteiger partial charge in [-0.15, -0.1) is 0 Å². The van der Waals surface area contributed by atoms with Crippen LogP contribution < -0.4 is 10.1 Å². The summed E-state index contributed by atoms with van der Waals surface area (Å²) in [5, 5.41) is 3.34. The van der Waals surface area contributed by atoms with Gasteiger partial charge in [0.1, 0.15) is 5.75 Å². The van der Waals surface area contributed by atoms with Crippen LogP contribution in [0.2, 0.25) is 0 Å². The zero-order valence-corrected chi connectivity index (χ0v) is 9.48. The first-order valence-electron chi connectivity index (χ1n) is 5.03. The third kappa shape index (κ3) is 2.48. The first-order valence-corrected chi connectivity index (χ1v) is 5.03. The second kappa shape index (κ2) is 5.01. The van der Waals surface area contributed by atoms with Crippen LogP contribution in [0.3, 0.4) is 0 Å². The first kappa shape index (κ1) is 11.1. The fourth-order valence-corrected chi connectivity index (χ4v) is 1.60. The molecule has 1 N–H and O–H groups in total. The molecule has 0 saturated heterocycles. The number of rotatable bonds is 4. The van der Waals surface area contributed by atoms with Gasteiger partial charge in [0.25, 0.3) is 0 Å². The summed E-state index contributed by atoms with van der Waals surface area (Å²) in [6.07, 6.45) is 0. The molecule has 78 valence electrons. The van der Waals surface area contributed by atoms with E-state index in [1.165, 1.54) is 16.7 Å². The monoisotopic (exact) mass is 193 g/mol. The molecule has 1 rings (SSSR count). The largest absolute Gasteiger partial charge is 0.497 e. The minimum atomic E-state index is 0.943. The molecule has 0 aliphatic carbocycles. The lowest BCUT2D eigenvalue weighted by molar-refractivity contribution is 0.414. The van der Waals surface area contributed by atoms with Gasteiger partial charge in [-0.2, -0.15) is 0 Å². The van der Waals surface area contributed by atoms with Crippen molar-refractivity contribution in [3.05, 3.63) is 28.8 Å². The predicted molar refractivity (Wildman–Crippen MR) is 59.8 cm³/mol. The van der Waals surface area contributed by atoms with Crippen LogP contribution in [0.4, 0.5) is 0 Å². The Balaban J connectivity index is 2.93. The summed E-state index contributed by atoms with van der Waals surface area (Å²) < 4.78 is 5.21. The first-order chi connectivity index (χ1) is 6.69. The van der Waals surface area contributed by atoms with E-state index in [2.05, 4.69) is 38.2 Å². The van der Waals surface area contributed by atoms with Gasteiger partial charge in [0.15, 0.2) is 0 Å². The third-order valence-corrected chi connectivity index (χ3v) is 2.46. The summed E-state index contributed by atoms with van der Waals surface area (Å²) in [6, 6.07) is 4.17. The fraction of sp³-hybridized carbons (Fsp3) is 0.500. The lowest BCUT2D eigenvalue weighted by Gasteiger charge is -2.12. The molecule has 0 atom stereocenters. The van der Waals surface area contributed by atoms with Gasteiger partial charge in [-0.1, -0.05) is 6.92 Å². The van der Waals surface area contributed by atoms with E-state index in [1.54, 1.807) is 7.11 Å². The molecule has 0 fully saturated rings. The molecule has 0 aliphatic rings. The lowest BCUT2D eigenvalue weighted by Crippen LogP contribution is -2.13. The van der Waals surface area contributed by atoms with Crippen molar-refractivity contribution in [1.82, 2.24) is 5.32 Å². The minimum absolute atomic E-state index is 0.943. The Kier molecular flexibility index (Phi) is 3.96. The van der Waals surface area contributed by atoms with Gasteiger partial charge < -0.3 is 10.1 Å². The number of hydrogen-bond donors (Lipinski definition) is 1. The molecule has 0 unspecified atom stereocenters. The second-order valence-electron chi connectivity index (χ2n) is 3.52. The predicted octanol–water partition coefficient (Wildman–Crippen LogP) is 2.42. The van der Waals surface area contributed by atoms with Gasteiger partial charge >= 0.3 is 0 Å². The smallest absolute Gasteiger partial charge is 0.119 e. The maximum absolute atomic E-state index is 5.21. The van der Waals surface area contributed by atoms with Gasteiger partial charge in [0.05, 0.1) is 7.11 Å². The summed E-state index contributed by atoms with van der Waals surface area (Å²) in [5.41, 5.74) is 3.97. The van der Waals surface area contributed by atoms with Crippen molar-refractivity contribution < 1.29 is 4.74 Å². The Morgan fingerprint density at radius 1 is 1.21 bits per heavy atom. The van der Waals surface area contributed by atoms with Crippen molar-refractivity contribution in [2.45, 2.75) is 27.3 Å². The minimum Gasteiger partial charge on any atom is -0.497 e. The van der Waals surface area contributed by atoms with Crippen LogP contribution in [-0.2, 0) is 6.54 Å².